The van der Waals surface area contributed by atoms with Gasteiger partial charge in [-0.1, -0.05) is 6.08 Å². The smallest absolute Gasteiger partial charge is 0.383 e. The second-order valence-electron chi connectivity index (χ2n) is 7.72. The van der Waals surface area contributed by atoms with Crippen LogP contribution in [0.1, 0.15) is 32.8 Å². The first-order valence-corrected chi connectivity index (χ1v) is 11.4. The SMILES string of the molecule is C[C@H](CNc1ccc(F)cc1C(F)(F)F)NS(=O)(=O)C1=CCC(C)(C(C)(O)C(F)(F)F)S1. The van der Waals surface area contributed by atoms with E-state index in [2.05, 4.69) is 10.0 Å². The summed E-state index contributed by atoms with van der Waals surface area (Å²) in [6, 6.07) is 0.978. The highest BCUT2D eigenvalue weighted by molar-refractivity contribution is 8.19. The first-order valence-electron chi connectivity index (χ1n) is 9.11. The Balaban J connectivity index is 2.08. The molecule has 0 saturated heterocycles. The van der Waals surface area contributed by atoms with Crippen molar-refractivity contribution in [3.63, 3.8) is 0 Å². The molecular formula is C18H21F7N2O3S2. The number of anilines is 1. The second-order valence-corrected chi connectivity index (χ2v) is 11.2. The van der Waals surface area contributed by atoms with Crippen molar-refractivity contribution in [2.75, 3.05) is 11.9 Å². The van der Waals surface area contributed by atoms with Crippen LogP contribution in [0.15, 0.2) is 28.5 Å². The van der Waals surface area contributed by atoms with E-state index in [-0.39, 0.29) is 13.0 Å². The predicted molar refractivity (Wildman–Crippen MR) is 107 cm³/mol. The highest BCUT2D eigenvalue weighted by Crippen LogP contribution is 2.54. The number of benzene rings is 1. The molecular weight excluding hydrogens is 489 g/mol. The molecule has 1 heterocycles. The fourth-order valence-corrected chi connectivity index (χ4v) is 6.14. The maximum atomic E-state index is 13.2. The molecule has 0 spiro atoms. The number of rotatable bonds is 7. The molecule has 0 aromatic heterocycles. The zero-order valence-corrected chi connectivity index (χ0v) is 18.7. The second kappa shape index (κ2) is 8.69. The van der Waals surface area contributed by atoms with Crippen LogP contribution in [-0.4, -0.2) is 42.6 Å². The van der Waals surface area contributed by atoms with Gasteiger partial charge in [-0.3, -0.25) is 0 Å². The number of hydrogen-bond acceptors (Lipinski definition) is 5. The van der Waals surface area contributed by atoms with Crippen molar-refractivity contribution >= 4 is 27.5 Å². The van der Waals surface area contributed by atoms with Crippen LogP contribution in [0.2, 0.25) is 0 Å². The van der Waals surface area contributed by atoms with Crippen molar-refractivity contribution in [3.8, 4) is 0 Å². The number of nitrogens with one attached hydrogen (secondary N) is 2. The summed E-state index contributed by atoms with van der Waals surface area (Å²) in [6.45, 7) is 2.64. The molecule has 1 aliphatic rings. The summed E-state index contributed by atoms with van der Waals surface area (Å²) in [5.74, 6) is -1.10. The number of thioether (sulfide) groups is 1. The Bertz CT molecular complexity index is 991. The van der Waals surface area contributed by atoms with E-state index in [4.69, 9.17) is 0 Å². The summed E-state index contributed by atoms with van der Waals surface area (Å²) in [5, 5.41) is 12.4. The Hall–Kier alpha value is -1.51. The summed E-state index contributed by atoms with van der Waals surface area (Å²) in [5.41, 5.74) is -4.91. The lowest BCUT2D eigenvalue weighted by atomic mass is 9.86. The topological polar surface area (TPSA) is 78.4 Å². The van der Waals surface area contributed by atoms with Crippen LogP contribution in [0.5, 0.6) is 0 Å². The summed E-state index contributed by atoms with van der Waals surface area (Å²) in [4.78, 5) is 0. The zero-order chi connectivity index (χ0) is 24.8. The fraction of sp³-hybridized carbons (Fsp3) is 0.556. The lowest BCUT2D eigenvalue weighted by molar-refractivity contribution is -0.262. The van der Waals surface area contributed by atoms with E-state index in [9.17, 15) is 44.3 Å². The molecule has 3 atom stereocenters. The summed E-state index contributed by atoms with van der Waals surface area (Å²) >= 11 is 0.347. The molecule has 1 aliphatic heterocycles. The van der Waals surface area contributed by atoms with Gasteiger partial charge in [-0.2, -0.15) is 26.3 Å². The summed E-state index contributed by atoms with van der Waals surface area (Å²) in [7, 11) is -4.31. The van der Waals surface area contributed by atoms with Crippen LogP contribution in [-0.2, 0) is 16.2 Å². The molecule has 0 fully saturated rings. The minimum Gasteiger partial charge on any atom is -0.383 e. The van der Waals surface area contributed by atoms with Gasteiger partial charge in [-0.25, -0.2) is 17.5 Å². The largest absolute Gasteiger partial charge is 0.418 e. The molecule has 3 N–H and O–H groups in total. The van der Waals surface area contributed by atoms with Crippen molar-refractivity contribution in [3.05, 3.63) is 39.9 Å². The van der Waals surface area contributed by atoms with E-state index < -0.39 is 60.1 Å². The van der Waals surface area contributed by atoms with Crippen LogP contribution in [0, 0.1) is 5.82 Å². The molecule has 0 amide bonds. The number of aliphatic hydroxyl groups is 1. The van der Waals surface area contributed by atoms with Crippen molar-refractivity contribution < 1.29 is 44.3 Å². The van der Waals surface area contributed by atoms with Crippen molar-refractivity contribution in [1.29, 1.82) is 0 Å². The highest BCUT2D eigenvalue weighted by Gasteiger charge is 2.63. The lowest BCUT2D eigenvalue weighted by Gasteiger charge is -2.40. The van der Waals surface area contributed by atoms with E-state index in [0.29, 0.717) is 24.8 Å². The van der Waals surface area contributed by atoms with Crippen LogP contribution in [0.4, 0.5) is 36.4 Å². The van der Waals surface area contributed by atoms with Crippen LogP contribution in [0.3, 0.4) is 0 Å². The lowest BCUT2D eigenvalue weighted by Crippen LogP contribution is -2.56. The van der Waals surface area contributed by atoms with E-state index in [0.717, 1.165) is 25.1 Å². The standard InChI is InChI=1S/C18H21F7N2O3S2/c1-10(9-26-13-5-4-11(19)8-12(13)17(20,21)22)27-32(29,30)14-6-7-15(2,31-14)16(3,28)18(23,24)25/h4-6,8,10,26-28H,7,9H2,1-3H3/t10-,15?,16?/m1/s1. The maximum Gasteiger partial charge on any atom is 0.418 e. The van der Waals surface area contributed by atoms with E-state index in [1.165, 1.54) is 6.92 Å². The normalized spacial score (nSPS) is 22.9. The highest BCUT2D eigenvalue weighted by atomic mass is 32.3. The predicted octanol–water partition coefficient (Wildman–Crippen LogP) is 4.61. The number of hydrogen-bond donors (Lipinski definition) is 3. The van der Waals surface area contributed by atoms with Crippen LogP contribution in [0.25, 0.3) is 0 Å². The summed E-state index contributed by atoms with van der Waals surface area (Å²) < 4.78 is 117. The van der Waals surface area contributed by atoms with Crippen LogP contribution < -0.4 is 10.0 Å². The van der Waals surface area contributed by atoms with Gasteiger partial charge in [0.15, 0.2) is 5.60 Å². The van der Waals surface area contributed by atoms with Gasteiger partial charge in [0, 0.05) is 18.3 Å². The van der Waals surface area contributed by atoms with E-state index in [1.54, 1.807) is 0 Å². The number of halogens is 7. The molecule has 0 aliphatic carbocycles. The number of sulfonamides is 1. The van der Waals surface area contributed by atoms with E-state index >= 15 is 0 Å². The van der Waals surface area contributed by atoms with Gasteiger partial charge in [0.05, 0.1) is 10.3 Å². The molecule has 1 aromatic rings. The van der Waals surface area contributed by atoms with Gasteiger partial charge in [-0.05, 0) is 45.4 Å². The minimum absolute atomic E-state index is 0.296. The number of allylic oxidation sites excluding steroid dienone is 1. The van der Waals surface area contributed by atoms with Gasteiger partial charge in [-0.15, -0.1) is 11.8 Å². The van der Waals surface area contributed by atoms with Crippen molar-refractivity contribution in [1.82, 2.24) is 4.72 Å². The number of alkyl halides is 6. The molecule has 0 radical (unpaired) electrons. The van der Waals surface area contributed by atoms with Crippen molar-refractivity contribution in [2.45, 2.75) is 55.9 Å². The average molecular weight is 510 g/mol. The molecule has 0 saturated carbocycles. The van der Waals surface area contributed by atoms with E-state index in [1.807, 2.05) is 0 Å². The molecule has 0 bridgehead atoms. The van der Waals surface area contributed by atoms with Crippen molar-refractivity contribution in [2.24, 2.45) is 0 Å². The quantitative estimate of drug-likeness (QED) is 0.467. The molecule has 1 aromatic carbocycles. The maximum absolute atomic E-state index is 13.2. The van der Waals surface area contributed by atoms with Gasteiger partial charge in [0.2, 0.25) is 10.0 Å². The first kappa shape index (κ1) is 26.7. The Morgan fingerprint density at radius 1 is 1.22 bits per heavy atom. The van der Waals surface area contributed by atoms with Gasteiger partial charge < -0.3 is 10.4 Å². The molecule has 2 rings (SSSR count). The third-order valence-electron chi connectivity index (χ3n) is 5.07. The molecule has 32 heavy (non-hydrogen) atoms. The Kier molecular flexibility index (Phi) is 7.26. The van der Waals surface area contributed by atoms with Crippen LogP contribution >= 0.6 is 11.8 Å². The molecule has 14 heteroatoms. The third kappa shape index (κ3) is 5.51. The molecule has 182 valence electrons. The van der Waals surface area contributed by atoms with Gasteiger partial charge in [0.1, 0.15) is 10.1 Å². The average Bonchev–Trinajstić information content (AvgIpc) is 3.03. The molecule has 5 nitrogen and oxygen atoms in total. The first-order chi connectivity index (χ1) is 14.3. The fourth-order valence-electron chi connectivity index (χ4n) is 2.88. The Morgan fingerprint density at radius 3 is 2.34 bits per heavy atom. The monoisotopic (exact) mass is 510 g/mol. The third-order valence-corrected chi connectivity index (χ3v) is 8.77. The summed E-state index contributed by atoms with van der Waals surface area (Å²) in [6.07, 6.45) is -9.18. The van der Waals surface area contributed by atoms with Gasteiger partial charge >= 0.3 is 12.4 Å². The zero-order valence-electron chi connectivity index (χ0n) is 17.0. The Labute approximate surface area is 184 Å². The minimum atomic E-state index is -5.00. The van der Waals surface area contributed by atoms with Gasteiger partial charge in [0.25, 0.3) is 0 Å². The molecule has 2 unspecified atom stereocenters. The Morgan fingerprint density at radius 2 is 1.81 bits per heavy atom.